The largest absolute Gasteiger partial charge is 0.493 e. The van der Waals surface area contributed by atoms with Crippen LogP contribution < -0.4 is 19.5 Å². The molecule has 0 aromatic heterocycles. The van der Waals surface area contributed by atoms with E-state index in [0.717, 1.165) is 28.7 Å². The minimum absolute atomic E-state index is 0.0234. The van der Waals surface area contributed by atoms with Gasteiger partial charge < -0.3 is 24.3 Å². The van der Waals surface area contributed by atoms with Gasteiger partial charge in [-0.2, -0.15) is 0 Å². The van der Waals surface area contributed by atoms with E-state index in [1.165, 1.54) is 14.0 Å². The summed E-state index contributed by atoms with van der Waals surface area (Å²) in [5.74, 6) is 1.76. The Labute approximate surface area is 162 Å². The minimum Gasteiger partial charge on any atom is -0.493 e. The number of fused-ring (bicyclic) bond motifs is 6. The summed E-state index contributed by atoms with van der Waals surface area (Å²) in [6.07, 6.45) is 3.32. The molecule has 0 bridgehead atoms. The van der Waals surface area contributed by atoms with E-state index in [2.05, 4.69) is 5.32 Å². The van der Waals surface area contributed by atoms with Crippen LogP contribution in [0.3, 0.4) is 0 Å². The molecule has 0 fully saturated rings. The number of carbonyl (C=O) groups excluding carboxylic acids is 2. The smallest absolute Gasteiger partial charge is 0.231 e. The average Bonchev–Trinajstić information content (AvgIpc) is 3.18. The van der Waals surface area contributed by atoms with E-state index in [-0.39, 0.29) is 36.4 Å². The van der Waals surface area contributed by atoms with Crippen LogP contribution in [0, 0.1) is 11.8 Å². The highest BCUT2D eigenvalue weighted by molar-refractivity contribution is 6.08. The first-order chi connectivity index (χ1) is 13.5. The molecule has 7 nitrogen and oxygen atoms in total. The third-order valence-electron chi connectivity index (χ3n) is 6.04. The number of rotatable bonds is 3. The van der Waals surface area contributed by atoms with Crippen molar-refractivity contribution in [2.24, 2.45) is 11.8 Å². The highest BCUT2D eigenvalue weighted by Gasteiger charge is 2.54. The van der Waals surface area contributed by atoms with Crippen LogP contribution in [0.5, 0.6) is 17.2 Å². The Morgan fingerprint density at radius 3 is 2.79 bits per heavy atom. The van der Waals surface area contributed by atoms with Gasteiger partial charge in [-0.05, 0) is 41.7 Å². The fourth-order valence-electron chi connectivity index (χ4n) is 4.99. The molecule has 0 radical (unpaired) electrons. The summed E-state index contributed by atoms with van der Waals surface area (Å²) >= 11 is 0. The zero-order valence-electron chi connectivity index (χ0n) is 16.0. The van der Waals surface area contributed by atoms with Crippen molar-refractivity contribution in [1.82, 2.24) is 5.32 Å². The second-order valence-corrected chi connectivity index (χ2v) is 7.44. The Bertz CT molecular complexity index is 976. The molecule has 0 spiro atoms. The van der Waals surface area contributed by atoms with Crippen LogP contribution in [-0.4, -0.2) is 38.7 Å². The maximum absolute atomic E-state index is 12.8. The maximum atomic E-state index is 12.8. The monoisotopic (exact) mass is 383 g/mol. The summed E-state index contributed by atoms with van der Waals surface area (Å²) in [4.78, 5) is 24.7. The Kier molecular flexibility index (Phi) is 3.69. The quantitative estimate of drug-likeness (QED) is 0.860. The minimum atomic E-state index is -0.289. The molecule has 146 valence electrons. The molecule has 3 atom stereocenters. The second-order valence-electron chi connectivity index (χ2n) is 7.44. The van der Waals surface area contributed by atoms with Crippen LogP contribution in [0.1, 0.15) is 24.5 Å². The number of methoxy groups -OCH3 is 2. The van der Waals surface area contributed by atoms with Crippen LogP contribution >= 0.6 is 0 Å². The molecule has 28 heavy (non-hydrogen) atoms. The standard InChI is InChI=1S/C21H21NO6/c1-9(23)22-12-5-4-10-6-14-20(28-8-27-14)21(26-3)15(10)16-11-7-13(25-2)19(24)17(11)18(12)16/h6-7,11-12,17H,4-5,8H2,1-3H3,(H,22,23)/t11-,12-,17+/m0/s1. The van der Waals surface area contributed by atoms with Crippen molar-refractivity contribution < 1.29 is 28.5 Å². The van der Waals surface area contributed by atoms with Crippen molar-refractivity contribution in [3.63, 3.8) is 0 Å². The highest BCUT2D eigenvalue weighted by atomic mass is 16.7. The molecule has 1 aromatic carbocycles. The molecule has 1 aromatic rings. The number of hydrogen-bond acceptors (Lipinski definition) is 6. The van der Waals surface area contributed by atoms with E-state index in [9.17, 15) is 9.59 Å². The van der Waals surface area contributed by atoms with Gasteiger partial charge in [0, 0.05) is 18.4 Å². The zero-order chi connectivity index (χ0) is 19.6. The van der Waals surface area contributed by atoms with Crippen LogP contribution in [0.4, 0.5) is 0 Å². The molecule has 1 amide bonds. The average molecular weight is 383 g/mol. The number of ketones is 1. The van der Waals surface area contributed by atoms with Crippen molar-refractivity contribution in [3.05, 3.63) is 34.6 Å². The zero-order valence-corrected chi connectivity index (χ0v) is 16.0. The molecule has 0 saturated carbocycles. The third-order valence-corrected chi connectivity index (χ3v) is 6.04. The normalized spacial score (nSPS) is 26.5. The first-order valence-corrected chi connectivity index (χ1v) is 9.36. The van der Waals surface area contributed by atoms with E-state index < -0.39 is 0 Å². The lowest BCUT2D eigenvalue weighted by atomic mass is 9.64. The first-order valence-electron chi connectivity index (χ1n) is 9.36. The molecule has 0 saturated heterocycles. The number of allylic oxidation sites excluding steroid dienone is 3. The number of nitrogens with one attached hydrogen (secondary N) is 1. The van der Waals surface area contributed by atoms with Crippen LogP contribution in [0.15, 0.2) is 23.5 Å². The Morgan fingerprint density at radius 1 is 1.25 bits per heavy atom. The molecule has 7 heteroatoms. The maximum Gasteiger partial charge on any atom is 0.231 e. The molecule has 5 rings (SSSR count). The Morgan fingerprint density at radius 2 is 2.07 bits per heavy atom. The number of Topliss-reactive ketones (excluding diaryl/α,β-unsaturated/α-hetero) is 1. The molecule has 0 unspecified atom stereocenters. The fourth-order valence-corrected chi connectivity index (χ4v) is 4.99. The van der Waals surface area contributed by atoms with Gasteiger partial charge in [-0.3, -0.25) is 9.59 Å². The lowest BCUT2D eigenvalue weighted by Crippen LogP contribution is -2.44. The van der Waals surface area contributed by atoms with Crippen LogP contribution in [-0.2, 0) is 20.7 Å². The summed E-state index contributed by atoms with van der Waals surface area (Å²) in [6.45, 7) is 1.66. The van der Waals surface area contributed by atoms with Gasteiger partial charge in [0.15, 0.2) is 17.3 Å². The number of carbonyl (C=O) groups is 2. The van der Waals surface area contributed by atoms with Crippen molar-refractivity contribution >= 4 is 17.3 Å². The van der Waals surface area contributed by atoms with E-state index >= 15 is 0 Å². The van der Waals surface area contributed by atoms with Crippen molar-refractivity contribution in [2.75, 3.05) is 21.0 Å². The number of benzene rings is 1. The highest BCUT2D eigenvalue weighted by Crippen LogP contribution is 2.60. The molecular formula is C21H21NO6. The summed E-state index contributed by atoms with van der Waals surface area (Å²) in [6, 6.07) is 1.79. The van der Waals surface area contributed by atoms with Gasteiger partial charge in [0.2, 0.25) is 24.2 Å². The Balaban J connectivity index is 1.73. The van der Waals surface area contributed by atoms with Gasteiger partial charge in [-0.25, -0.2) is 0 Å². The number of aryl methyl sites for hydroxylation is 1. The summed E-state index contributed by atoms with van der Waals surface area (Å²) in [5.41, 5.74) is 4.03. The van der Waals surface area contributed by atoms with Gasteiger partial charge in [0.05, 0.1) is 26.2 Å². The molecule has 1 heterocycles. The SMILES string of the molecule is COC1=C[C@H]2C3=C([C@@H]2C1=O)[C@@H](NC(C)=O)CCc1cc2c(c(OC)c13)OCO2. The van der Waals surface area contributed by atoms with Gasteiger partial charge in [0.1, 0.15) is 0 Å². The topological polar surface area (TPSA) is 83.1 Å². The van der Waals surface area contributed by atoms with Crippen molar-refractivity contribution in [3.8, 4) is 17.2 Å². The first kappa shape index (κ1) is 17.2. The lowest BCUT2D eigenvalue weighted by Gasteiger charge is -2.40. The van der Waals surface area contributed by atoms with Gasteiger partial charge in [-0.15, -0.1) is 0 Å². The third kappa shape index (κ3) is 2.16. The van der Waals surface area contributed by atoms with Crippen LogP contribution in [0.25, 0.3) is 5.57 Å². The Hall–Kier alpha value is -2.96. The van der Waals surface area contributed by atoms with Gasteiger partial charge in [0.25, 0.3) is 0 Å². The number of ether oxygens (including phenoxy) is 4. The van der Waals surface area contributed by atoms with Crippen molar-refractivity contribution in [2.45, 2.75) is 25.8 Å². The summed E-state index contributed by atoms with van der Waals surface area (Å²) in [5, 5.41) is 3.03. The molecule has 1 N–H and O–H groups in total. The number of amides is 1. The predicted molar refractivity (Wildman–Crippen MR) is 99.0 cm³/mol. The second kappa shape index (κ2) is 6.02. The van der Waals surface area contributed by atoms with E-state index in [1.54, 1.807) is 7.11 Å². The molecule has 3 aliphatic carbocycles. The predicted octanol–water partition coefficient (Wildman–Crippen LogP) is 1.99. The van der Waals surface area contributed by atoms with E-state index in [1.807, 2.05) is 12.1 Å². The van der Waals surface area contributed by atoms with Gasteiger partial charge >= 0.3 is 0 Å². The fraction of sp³-hybridized carbons (Fsp3) is 0.429. The van der Waals surface area contributed by atoms with Crippen molar-refractivity contribution in [1.29, 1.82) is 0 Å². The lowest BCUT2D eigenvalue weighted by molar-refractivity contribution is -0.122. The number of hydrogen-bond donors (Lipinski definition) is 1. The molecule has 1 aliphatic heterocycles. The summed E-state index contributed by atoms with van der Waals surface area (Å²) in [7, 11) is 3.12. The van der Waals surface area contributed by atoms with E-state index in [4.69, 9.17) is 18.9 Å². The summed E-state index contributed by atoms with van der Waals surface area (Å²) < 4.78 is 22.3. The van der Waals surface area contributed by atoms with Gasteiger partial charge in [-0.1, -0.05) is 0 Å². The van der Waals surface area contributed by atoms with E-state index in [0.29, 0.717) is 29.4 Å². The molecule has 4 aliphatic rings. The van der Waals surface area contributed by atoms with Crippen LogP contribution in [0.2, 0.25) is 0 Å². The molecular weight excluding hydrogens is 362 g/mol.